The number of carboxylic acid groups (broad SMARTS) is 1. The molecule has 22 heavy (non-hydrogen) atoms. The molecule has 0 saturated carbocycles. The van der Waals surface area contributed by atoms with Crippen LogP contribution in [0.25, 0.3) is 17.7 Å². The molecule has 1 aliphatic rings. The Labute approximate surface area is 134 Å². The van der Waals surface area contributed by atoms with E-state index in [4.69, 9.17) is 16.7 Å². The molecule has 0 heterocycles. The maximum atomic E-state index is 11.0. The number of hydrogen-bond donors (Lipinski definition) is 1. The topological polar surface area (TPSA) is 37.3 Å². The van der Waals surface area contributed by atoms with Gasteiger partial charge >= 0.3 is 5.97 Å². The van der Waals surface area contributed by atoms with Gasteiger partial charge in [0.15, 0.2) is 0 Å². The lowest BCUT2D eigenvalue weighted by Crippen LogP contribution is -2.01. The summed E-state index contributed by atoms with van der Waals surface area (Å²) in [5, 5.41) is 9.00. The van der Waals surface area contributed by atoms with Crippen LogP contribution in [0.15, 0.2) is 48.5 Å². The third-order valence-corrected chi connectivity index (χ3v) is 3.89. The maximum Gasteiger partial charge on any atom is 0.307 e. The number of allylic oxidation sites excluding steroid dienone is 1. The van der Waals surface area contributed by atoms with E-state index in [2.05, 4.69) is 24.3 Å². The molecule has 2 aromatic rings. The Bertz CT molecular complexity index is 788. The molecule has 0 amide bonds. The number of benzene rings is 2. The second-order valence-electron chi connectivity index (χ2n) is 5.18. The fourth-order valence-electron chi connectivity index (χ4n) is 2.78. The predicted octanol–water partition coefficient (Wildman–Crippen LogP) is 4.47. The van der Waals surface area contributed by atoms with Crippen molar-refractivity contribution in [2.45, 2.75) is 6.42 Å². The maximum absolute atomic E-state index is 11.0. The molecule has 0 saturated heterocycles. The first kappa shape index (κ1) is 14.6. The van der Waals surface area contributed by atoms with Crippen LogP contribution in [0, 0.1) is 0 Å². The van der Waals surface area contributed by atoms with E-state index < -0.39 is 5.97 Å². The molecule has 3 rings (SSSR count). The van der Waals surface area contributed by atoms with Gasteiger partial charge in [-0.05, 0) is 39.5 Å². The summed E-state index contributed by atoms with van der Waals surface area (Å²) >= 11 is 5.95. The summed E-state index contributed by atoms with van der Waals surface area (Å²) in [5.74, 6) is -0.417. The quantitative estimate of drug-likeness (QED) is 0.725. The molecule has 0 bridgehead atoms. The lowest BCUT2D eigenvalue weighted by molar-refractivity contribution is -0.136. The van der Waals surface area contributed by atoms with E-state index in [-0.39, 0.29) is 6.42 Å². The van der Waals surface area contributed by atoms with Crippen LogP contribution in [0.1, 0.15) is 27.8 Å². The molecule has 3 heteroatoms. The molecule has 0 aliphatic heterocycles. The lowest BCUT2D eigenvalue weighted by Gasteiger charge is -2.13. The smallest absolute Gasteiger partial charge is 0.307 e. The van der Waals surface area contributed by atoms with Crippen molar-refractivity contribution in [1.82, 2.24) is 0 Å². The summed E-state index contributed by atoms with van der Waals surface area (Å²) in [7, 11) is 0. The number of halogens is 1. The van der Waals surface area contributed by atoms with E-state index in [9.17, 15) is 4.79 Å². The number of rotatable bonds is 3. The summed E-state index contributed by atoms with van der Waals surface area (Å²) < 4.78 is 0. The number of carboxylic acids is 1. The Morgan fingerprint density at radius 2 is 1.77 bits per heavy atom. The minimum Gasteiger partial charge on any atom is -0.481 e. The molecule has 2 aromatic carbocycles. The SMILES string of the molecule is O=C(O)Cc1ccc2c(c1)C(=CCCl)c1ccccc1C=C2. The normalized spacial score (nSPS) is 14.3. The van der Waals surface area contributed by atoms with Crippen LogP contribution in [-0.2, 0) is 11.2 Å². The van der Waals surface area contributed by atoms with Gasteiger partial charge in [-0.2, -0.15) is 0 Å². The van der Waals surface area contributed by atoms with E-state index in [0.717, 1.165) is 33.4 Å². The fourth-order valence-corrected chi connectivity index (χ4v) is 2.93. The van der Waals surface area contributed by atoms with Gasteiger partial charge in [-0.15, -0.1) is 11.6 Å². The minimum atomic E-state index is -0.826. The van der Waals surface area contributed by atoms with Crippen molar-refractivity contribution in [3.63, 3.8) is 0 Å². The molecular weight excluding hydrogens is 296 g/mol. The summed E-state index contributed by atoms with van der Waals surface area (Å²) in [4.78, 5) is 11.0. The van der Waals surface area contributed by atoms with Gasteiger partial charge in [0, 0.05) is 5.88 Å². The van der Waals surface area contributed by atoms with Gasteiger partial charge < -0.3 is 5.11 Å². The summed E-state index contributed by atoms with van der Waals surface area (Å²) in [6.07, 6.45) is 6.15. The fraction of sp³-hybridized carbons (Fsp3) is 0.105. The number of carbonyl (C=O) groups is 1. The summed E-state index contributed by atoms with van der Waals surface area (Å²) in [6.45, 7) is 0. The third-order valence-electron chi connectivity index (χ3n) is 3.74. The van der Waals surface area contributed by atoms with Crippen LogP contribution in [0.5, 0.6) is 0 Å². The van der Waals surface area contributed by atoms with Crippen molar-refractivity contribution < 1.29 is 9.90 Å². The highest BCUT2D eigenvalue weighted by Gasteiger charge is 2.15. The second-order valence-corrected chi connectivity index (χ2v) is 5.49. The van der Waals surface area contributed by atoms with Gasteiger partial charge in [0.05, 0.1) is 6.42 Å². The van der Waals surface area contributed by atoms with E-state index in [1.807, 2.05) is 36.4 Å². The third kappa shape index (κ3) is 2.83. The molecular formula is C19H15ClO2. The Morgan fingerprint density at radius 1 is 1.05 bits per heavy atom. The van der Waals surface area contributed by atoms with Crippen LogP contribution >= 0.6 is 11.6 Å². The van der Waals surface area contributed by atoms with Crippen molar-refractivity contribution in [3.05, 3.63) is 76.4 Å². The Hall–Kier alpha value is -2.32. The zero-order chi connectivity index (χ0) is 15.5. The van der Waals surface area contributed by atoms with Gasteiger partial charge in [-0.1, -0.05) is 54.6 Å². The highest BCUT2D eigenvalue weighted by molar-refractivity contribution is 6.19. The highest BCUT2D eigenvalue weighted by atomic mass is 35.5. The van der Waals surface area contributed by atoms with Gasteiger partial charge in [0.1, 0.15) is 0 Å². The monoisotopic (exact) mass is 310 g/mol. The average Bonchev–Trinajstić information content (AvgIpc) is 2.65. The summed E-state index contributed by atoms with van der Waals surface area (Å²) in [6, 6.07) is 13.9. The first-order valence-corrected chi connectivity index (χ1v) is 7.61. The molecule has 0 spiro atoms. The predicted molar refractivity (Wildman–Crippen MR) is 91.0 cm³/mol. The highest BCUT2D eigenvalue weighted by Crippen LogP contribution is 2.34. The Balaban J connectivity index is 2.20. The molecule has 0 radical (unpaired) electrons. The van der Waals surface area contributed by atoms with E-state index in [0.29, 0.717) is 5.88 Å². The van der Waals surface area contributed by atoms with Gasteiger partial charge in [0.2, 0.25) is 0 Å². The van der Waals surface area contributed by atoms with Crippen LogP contribution in [0.4, 0.5) is 0 Å². The van der Waals surface area contributed by atoms with Gasteiger partial charge in [-0.25, -0.2) is 0 Å². The van der Waals surface area contributed by atoms with Crippen LogP contribution < -0.4 is 0 Å². The summed E-state index contributed by atoms with van der Waals surface area (Å²) in [5.41, 5.74) is 6.19. The lowest BCUT2D eigenvalue weighted by atomic mass is 9.92. The average molecular weight is 311 g/mol. The van der Waals surface area contributed by atoms with Crippen molar-refractivity contribution in [2.75, 3.05) is 5.88 Å². The molecule has 1 N–H and O–H groups in total. The van der Waals surface area contributed by atoms with E-state index >= 15 is 0 Å². The van der Waals surface area contributed by atoms with E-state index in [1.165, 1.54) is 0 Å². The number of fused-ring (bicyclic) bond motifs is 2. The van der Waals surface area contributed by atoms with Gasteiger partial charge in [0.25, 0.3) is 0 Å². The van der Waals surface area contributed by atoms with Gasteiger partial charge in [-0.3, -0.25) is 4.79 Å². The largest absolute Gasteiger partial charge is 0.481 e. The zero-order valence-corrected chi connectivity index (χ0v) is 12.7. The second kappa shape index (κ2) is 6.20. The molecule has 0 aromatic heterocycles. The van der Waals surface area contributed by atoms with Crippen molar-refractivity contribution >= 4 is 35.3 Å². The van der Waals surface area contributed by atoms with Crippen molar-refractivity contribution in [2.24, 2.45) is 0 Å². The van der Waals surface area contributed by atoms with Crippen LogP contribution in [-0.4, -0.2) is 17.0 Å². The molecule has 2 nitrogen and oxygen atoms in total. The number of alkyl halides is 1. The molecule has 0 fully saturated rings. The molecule has 110 valence electrons. The molecule has 1 aliphatic carbocycles. The standard InChI is InChI=1S/C19H15ClO2/c20-10-9-17-16-4-2-1-3-14(16)7-8-15-6-5-13(11-18(15)17)12-19(21)22/h1-9,11H,10,12H2,(H,21,22). The van der Waals surface area contributed by atoms with Crippen molar-refractivity contribution in [1.29, 1.82) is 0 Å². The first-order chi connectivity index (χ1) is 10.7. The molecule has 0 unspecified atom stereocenters. The van der Waals surface area contributed by atoms with Crippen LogP contribution in [0.2, 0.25) is 0 Å². The minimum absolute atomic E-state index is 0.0206. The Morgan fingerprint density at radius 3 is 2.50 bits per heavy atom. The van der Waals surface area contributed by atoms with Crippen LogP contribution in [0.3, 0.4) is 0 Å². The zero-order valence-electron chi connectivity index (χ0n) is 11.9. The number of aliphatic carboxylic acids is 1. The van der Waals surface area contributed by atoms with E-state index in [1.54, 1.807) is 0 Å². The first-order valence-electron chi connectivity index (χ1n) is 7.08. The van der Waals surface area contributed by atoms with Crippen molar-refractivity contribution in [3.8, 4) is 0 Å². The molecule has 0 atom stereocenters. The number of hydrogen-bond acceptors (Lipinski definition) is 1. The Kier molecular flexibility index (Phi) is 4.12.